The van der Waals surface area contributed by atoms with Crippen LogP contribution in [-0.2, 0) is 19.3 Å². The number of hydrogen-bond acceptors (Lipinski definition) is 0. The second-order valence-corrected chi connectivity index (χ2v) is 3.87. The monoisotopic (exact) mass is 190 g/mol. The summed E-state index contributed by atoms with van der Waals surface area (Å²) >= 11 is 0. The van der Waals surface area contributed by atoms with Crippen LogP contribution >= 0.6 is 0 Å². The fourth-order valence-corrected chi connectivity index (χ4v) is 2.07. The second-order valence-electron chi connectivity index (χ2n) is 3.87. The van der Waals surface area contributed by atoms with E-state index in [0.717, 1.165) is 0 Å². The lowest BCUT2D eigenvalue weighted by atomic mass is 9.94. The minimum Gasteiger partial charge on any atom is -0.0654 e. The van der Waals surface area contributed by atoms with Gasteiger partial charge in [0.2, 0.25) is 0 Å². The molecule has 0 nitrogen and oxygen atoms in total. The summed E-state index contributed by atoms with van der Waals surface area (Å²) in [6, 6.07) is 6.78. The zero-order valence-corrected chi connectivity index (χ0v) is 9.77. The van der Waals surface area contributed by atoms with Gasteiger partial charge in [-0.15, -0.1) is 0 Å². The van der Waals surface area contributed by atoms with Gasteiger partial charge in [-0.2, -0.15) is 0 Å². The Bertz CT molecular complexity index is 273. The largest absolute Gasteiger partial charge is 0.0654 e. The van der Waals surface area contributed by atoms with Crippen LogP contribution in [0.1, 0.15) is 50.3 Å². The molecule has 78 valence electrons. The summed E-state index contributed by atoms with van der Waals surface area (Å²) in [6.07, 6.45) is 6.22. The van der Waals surface area contributed by atoms with Gasteiger partial charge in [0.1, 0.15) is 0 Å². The number of aryl methyl sites for hydroxylation is 2. The highest BCUT2D eigenvalue weighted by Gasteiger charge is 2.04. The molecular weight excluding hydrogens is 168 g/mol. The van der Waals surface area contributed by atoms with Crippen LogP contribution in [0.2, 0.25) is 0 Å². The van der Waals surface area contributed by atoms with Crippen molar-refractivity contribution in [2.24, 2.45) is 0 Å². The Kier molecular flexibility index (Phi) is 4.72. The maximum absolute atomic E-state index is 2.30. The number of rotatable bonds is 5. The van der Waals surface area contributed by atoms with Gasteiger partial charge in [0.15, 0.2) is 0 Å². The molecule has 0 aliphatic heterocycles. The standard InChI is InChI=1S/C14H22/c1-4-7-9-13-11-8-10-12(5-2)14(13)6-3/h8,10-11H,4-7,9H2,1-3H3. The quantitative estimate of drug-likeness (QED) is 0.654. The van der Waals surface area contributed by atoms with Crippen molar-refractivity contribution in [3.63, 3.8) is 0 Å². The van der Waals surface area contributed by atoms with E-state index in [1.54, 1.807) is 16.7 Å². The molecule has 0 saturated carbocycles. The van der Waals surface area contributed by atoms with Gasteiger partial charge in [-0.25, -0.2) is 0 Å². The van der Waals surface area contributed by atoms with Crippen molar-refractivity contribution >= 4 is 0 Å². The Hall–Kier alpha value is -0.780. The Balaban J connectivity index is 2.90. The SMILES string of the molecule is CCCCc1cccc(CC)c1CC. The van der Waals surface area contributed by atoms with Gasteiger partial charge in [-0.05, 0) is 42.4 Å². The maximum Gasteiger partial charge on any atom is -0.0276 e. The molecule has 0 fully saturated rings. The first kappa shape index (κ1) is 11.3. The molecule has 0 amide bonds. The minimum atomic E-state index is 1.17. The Morgan fingerprint density at radius 2 is 1.64 bits per heavy atom. The molecule has 0 heterocycles. The van der Waals surface area contributed by atoms with Crippen LogP contribution in [0, 0.1) is 0 Å². The molecule has 0 radical (unpaired) electrons. The molecule has 0 aromatic heterocycles. The van der Waals surface area contributed by atoms with Gasteiger partial charge in [0.05, 0.1) is 0 Å². The topological polar surface area (TPSA) is 0 Å². The van der Waals surface area contributed by atoms with E-state index in [4.69, 9.17) is 0 Å². The third-order valence-electron chi connectivity index (χ3n) is 2.90. The maximum atomic E-state index is 2.30. The first-order chi connectivity index (χ1) is 6.83. The molecule has 0 bridgehead atoms. The predicted octanol–water partition coefficient (Wildman–Crippen LogP) is 4.15. The van der Waals surface area contributed by atoms with Crippen molar-refractivity contribution in [3.8, 4) is 0 Å². The summed E-state index contributed by atoms with van der Waals surface area (Å²) in [5.41, 5.74) is 4.72. The van der Waals surface area contributed by atoms with Crippen molar-refractivity contribution in [1.82, 2.24) is 0 Å². The summed E-state index contributed by atoms with van der Waals surface area (Å²) in [5.74, 6) is 0. The Morgan fingerprint density at radius 1 is 0.929 bits per heavy atom. The molecule has 0 atom stereocenters. The van der Waals surface area contributed by atoms with Crippen LogP contribution in [0.25, 0.3) is 0 Å². The smallest absolute Gasteiger partial charge is 0.0276 e. The van der Waals surface area contributed by atoms with E-state index in [9.17, 15) is 0 Å². The van der Waals surface area contributed by atoms with Crippen molar-refractivity contribution in [2.75, 3.05) is 0 Å². The highest BCUT2D eigenvalue weighted by Crippen LogP contribution is 2.18. The van der Waals surface area contributed by atoms with Gasteiger partial charge < -0.3 is 0 Å². The molecule has 0 unspecified atom stereocenters. The highest BCUT2D eigenvalue weighted by atomic mass is 14.1. The molecule has 14 heavy (non-hydrogen) atoms. The molecule has 0 aliphatic rings. The molecule has 0 N–H and O–H groups in total. The summed E-state index contributed by atoms with van der Waals surface area (Å²) in [5, 5.41) is 0. The van der Waals surface area contributed by atoms with Crippen LogP contribution in [0.4, 0.5) is 0 Å². The van der Waals surface area contributed by atoms with Crippen LogP contribution in [0.3, 0.4) is 0 Å². The van der Waals surface area contributed by atoms with Gasteiger partial charge in [-0.3, -0.25) is 0 Å². The van der Waals surface area contributed by atoms with E-state index in [1.807, 2.05) is 0 Å². The van der Waals surface area contributed by atoms with Crippen LogP contribution < -0.4 is 0 Å². The van der Waals surface area contributed by atoms with E-state index >= 15 is 0 Å². The van der Waals surface area contributed by atoms with Crippen LogP contribution in [0.5, 0.6) is 0 Å². The van der Waals surface area contributed by atoms with Gasteiger partial charge in [0, 0.05) is 0 Å². The molecule has 0 spiro atoms. The molecule has 1 aromatic carbocycles. The van der Waals surface area contributed by atoms with Gasteiger partial charge in [-0.1, -0.05) is 45.4 Å². The third-order valence-corrected chi connectivity index (χ3v) is 2.90. The van der Waals surface area contributed by atoms with Crippen molar-refractivity contribution in [2.45, 2.75) is 52.9 Å². The van der Waals surface area contributed by atoms with Gasteiger partial charge in [0.25, 0.3) is 0 Å². The third kappa shape index (κ3) is 2.60. The lowest BCUT2D eigenvalue weighted by Gasteiger charge is -2.11. The molecule has 1 rings (SSSR count). The molecule has 1 aromatic rings. The normalized spacial score (nSPS) is 10.5. The Morgan fingerprint density at radius 3 is 2.21 bits per heavy atom. The van der Waals surface area contributed by atoms with Crippen molar-refractivity contribution in [3.05, 3.63) is 34.9 Å². The fraction of sp³-hybridized carbons (Fsp3) is 0.571. The average Bonchev–Trinajstić information content (AvgIpc) is 2.25. The first-order valence-corrected chi connectivity index (χ1v) is 5.93. The predicted molar refractivity (Wildman–Crippen MR) is 63.8 cm³/mol. The first-order valence-electron chi connectivity index (χ1n) is 5.93. The zero-order chi connectivity index (χ0) is 10.4. The Labute approximate surface area is 88.4 Å². The molecule has 0 saturated heterocycles. The number of unbranched alkanes of at least 4 members (excludes halogenated alkanes) is 1. The summed E-state index contributed by atoms with van der Waals surface area (Å²) in [4.78, 5) is 0. The van der Waals surface area contributed by atoms with E-state index in [2.05, 4.69) is 39.0 Å². The van der Waals surface area contributed by atoms with Crippen molar-refractivity contribution in [1.29, 1.82) is 0 Å². The molecule has 0 aliphatic carbocycles. The van der Waals surface area contributed by atoms with Crippen molar-refractivity contribution < 1.29 is 0 Å². The van der Waals surface area contributed by atoms with Crippen LogP contribution in [0.15, 0.2) is 18.2 Å². The number of benzene rings is 1. The summed E-state index contributed by atoms with van der Waals surface area (Å²) in [7, 11) is 0. The lowest BCUT2D eigenvalue weighted by Crippen LogP contribution is -1.98. The lowest BCUT2D eigenvalue weighted by molar-refractivity contribution is 0.784. The van der Waals surface area contributed by atoms with Gasteiger partial charge >= 0.3 is 0 Å². The zero-order valence-electron chi connectivity index (χ0n) is 9.77. The van der Waals surface area contributed by atoms with Crippen LogP contribution in [-0.4, -0.2) is 0 Å². The summed E-state index contributed by atoms with van der Waals surface area (Å²) < 4.78 is 0. The molecular formula is C14H22. The van der Waals surface area contributed by atoms with E-state index in [0.29, 0.717) is 0 Å². The highest BCUT2D eigenvalue weighted by molar-refractivity contribution is 5.35. The molecule has 0 heteroatoms. The minimum absolute atomic E-state index is 1.17. The summed E-state index contributed by atoms with van der Waals surface area (Å²) in [6.45, 7) is 6.78. The van der Waals surface area contributed by atoms with E-state index in [1.165, 1.54) is 32.1 Å². The fourth-order valence-electron chi connectivity index (χ4n) is 2.07. The second kappa shape index (κ2) is 5.85. The average molecular weight is 190 g/mol. The number of hydrogen-bond donors (Lipinski definition) is 0. The van der Waals surface area contributed by atoms with E-state index < -0.39 is 0 Å². The van der Waals surface area contributed by atoms with E-state index in [-0.39, 0.29) is 0 Å².